The van der Waals surface area contributed by atoms with Crippen LogP contribution in [0.2, 0.25) is 0 Å². The van der Waals surface area contributed by atoms with Gasteiger partial charge in [-0.15, -0.1) is 0 Å². The van der Waals surface area contributed by atoms with Crippen molar-refractivity contribution in [3.63, 3.8) is 0 Å². The average Bonchev–Trinajstić information content (AvgIpc) is 3.08. The molecule has 0 aliphatic carbocycles. The fraction of sp³-hybridized carbons (Fsp3) is 0.147. The Labute approximate surface area is 265 Å². The number of ether oxygens (including phenoxy) is 1. The molecule has 0 bridgehead atoms. The van der Waals surface area contributed by atoms with Crippen LogP contribution in [0.1, 0.15) is 28.4 Å². The predicted molar refractivity (Wildman–Crippen MR) is 172 cm³/mol. The van der Waals surface area contributed by atoms with Crippen molar-refractivity contribution in [3.8, 4) is 6.07 Å². The number of fused-ring (bicyclic) bond motifs is 2. The number of para-hydroxylation sites is 1. The predicted octanol–water partition coefficient (Wildman–Crippen LogP) is 4.06. The van der Waals surface area contributed by atoms with Gasteiger partial charge in [-0.1, -0.05) is 48.5 Å². The van der Waals surface area contributed by atoms with Gasteiger partial charge in [0.1, 0.15) is 18.0 Å². The van der Waals surface area contributed by atoms with Crippen LogP contribution in [0.4, 0.5) is 5.69 Å². The molecule has 46 heavy (non-hydrogen) atoms. The van der Waals surface area contributed by atoms with Crippen molar-refractivity contribution in [2.24, 2.45) is 0 Å². The second-order valence-corrected chi connectivity index (χ2v) is 12.0. The molecule has 5 rings (SSSR count). The maximum atomic E-state index is 14.2. The van der Waals surface area contributed by atoms with E-state index in [-0.39, 0.29) is 35.2 Å². The summed E-state index contributed by atoms with van der Waals surface area (Å²) in [5.74, 6) is -1.72. The van der Waals surface area contributed by atoms with E-state index in [1.165, 1.54) is 18.3 Å². The quantitative estimate of drug-likeness (QED) is 0.206. The molecule has 11 nitrogen and oxygen atoms in total. The van der Waals surface area contributed by atoms with E-state index in [4.69, 9.17) is 10.00 Å². The van der Waals surface area contributed by atoms with Gasteiger partial charge in [-0.3, -0.25) is 23.7 Å². The number of rotatable bonds is 11. The van der Waals surface area contributed by atoms with Crippen molar-refractivity contribution in [2.75, 3.05) is 24.0 Å². The van der Waals surface area contributed by atoms with Crippen molar-refractivity contribution in [1.82, 2.24) is 15.6 Å². The van der Waals surface area contributed by atoms with Crippen LogP contribution in [0.3, 0.4) is 0 Å². The van der Waals surface area contributed by atoms with Gasteiger partial charge >= 0.3 is 5.97 Å². The number of anilines is 1. The number of amides is 2. The number of benzene rings is 4. The van der Waals surface area contributed by atoms with Gasteiger partial charge in [0.05, 0.1) is 29.4 Å². The van der Waals surface area contributed by atoms with E-state index >= 15 is 0 Å². The molecule has 0 unspecified atom stereocenters. The second kappa shape index (κ2) is 13.9. The first-order chi connectivity index (χ1) is 22.2. The Hall–Kier alpha value is -5.80. The summed E-state index contributed by atoms with van der Waals surface area (Å²) in [6.45, 7) is 0.952. The van der Waals surface area contributed by atoms with E-state index in [2.05, 4.69) is 21.7 Å². The molecule has 1 aromatic heterocycles. The van der Waals surface area contributed by atoms with Gasteiger partial charge in [0.15, 0.2) is 0 Å². The van der Waals surface area contributed by atoms with E-state index in [0.29, 0.717) is 27.3 Å². The van der Waals surface area contributed by atoms with Crippen LogP contribution in [-0.4, -0.2) is 50.9 Å². The molecule has 0 saturated carbocycles. The largest absolute Gasteiger partial charge is 0.465 e. The smallest absolute Gasteiger partial charge is 0.325 e. The molecule has 0 radical (unpaired) electrons. The molecule has 12 heteroatoms. The number of nitriles is 1. The van der Waals surface area contributed by atoms with Crippen molar-refractivity contribution in [3.05, 3.63) is 114 Å². The molecular formula is C34H29N5O6S. The normalized spacial score (nSPS) is 11.0. The summed E-state index contributed by atoms with van der Waals surface area (Å²) in [7, 11) is -4.37. The number of hydrogen-bond acceptors (Lipinski definition) is 8. The highest BCUT2D eigenvalue weighted by atomic mass is 32.2. The summed E-state index contributed by atoms with van der Waals surface area (Å²) in [5, 5.41) is 16.0. The van der Waals surface area contributed by atoms with Gasteiger partial charge < -0.3 is 15.4 Å². The zero-order chi connectivity index (χ0) is 32.7. The molecular weight excluding hydrogens is 606 g/mol. The molecule has 0 spiro atoms. The number of nitrogens with one attached hydrogen (secondary N) is 2. The lowest BCUT2D eigenvalue weighted by atomic mass is 10.0. The standard InChI is InChI=1S/C34H29N5O6S/c1-2-45-32(41)21-37-31(40)22-39(46(43,44)30-10-4-6-25-8-5-17-36-33(25)30)27-15-16-28-26(18-27)7-3-9-29(28)34(42)38-20-24-13-11-23(19-35)12-14-24/h3-18H,2,20-22H2,1H3,(H,37,40)(H,38,42). The molecule has 1 heterocycles. The average molecular weight is 636 g/mol. The topological polar surface area (TPSA) is 159 Å². The molecule has 0 aliphatic heterocycles. The molecule has 0 atom stereocenters. The van der Waals surface area contributed by atoms with Crippen LogP contribution in [0, 0.1) is 11.3 Å². The summed E-state index contributed by atoms with van der Waals surface area (Å²) in [4.78, 5) is 42.2. The maximum Gasteiger partial charge on any atom is 0.325 e. The van der Waals surface area contributed by atoms with E-state index in [1.807, 2.05) is 0 Å². The number of carbonyl (C=O) groups excluding carboxylic acids is 3. The number of esters is 1. The Morgan fingerprint density at radius 2 is 1.65 bits per heavy atom. The highest BCUT2D eigenvalue weighted by Gasteiger charge is 2.30. The van der Waals surface area contributed by atoms with E-state index in [1.54, 1.807) is 85.8 Å². The first kappa shape index (κ1) is 31.6. The van der Waals surface area contributed by atoms with Crippen LogP contribution in [0.25, 0.3) is 21.7 Å². The monoisotopic (exact) mass is 635 g/mol. The van der Waals surface area contributed by atoms with Crippen LogP contribution in [-0.2, 0) is 30.9 Å². The lowest BCUT2D eigenvalue weighted by Gasteiger charge is -2.25. The highest BCUT2D eigenvalue weighted by Crippen LogP contribution is 2.31. The first-order valence-electron chi connectivity index (χ1n) is 14.3. The third kappa shape index (κ3) is 6.95. The third-order valence-corrected chi connectivity index (χ3v) is 8.92. The van der Waals surface area contributed by atoms with Gasteiger partial charge in [0.2, 0.25) is 5.91 Å². The minimum atomic E-state index is -4.37. The molecule has 0 saturated heterocycles. The van der Waals surface area contributed by atoms with Crippen LogP contribution in [0.15, 0.2) is 102 Å². The molecule has 232 valence electrons. The summed E-state index contributed by atoms with van der Waals surface area (Å²) in [5.41, 5.74) is 2.12. The molecule has 0 aliphatic rings. The number of pyridine rings is 1. The highest BCUT2D eigenvalue weighted by molar-refractivity contribution is 7.93. The summed E-state index contributed by atoms with van der Waals surface area (Å²) < 4.78 is 34.3. The summed E-state index contributed by atoms with van der Waals surface area (Å²) in [6, 6.07) is 26.9. The summed E-state index contributed by atoms with van der Waals surface area (Å²) >= 11 is 0. The Bertz CT molecular complexity index is 2090. The number of sulfonamides is 1. The SMILES string of the molecule is CCOC(=O)CNC(=O)CN(c1ccc2c(C(=O)NCc3ccc(C#N)cc3)cccc2c1)S(=O)(=O)c1cccc2cccnc12. The third-order valence-electron chi connectivity index (χ3n) is 7.12. The van der Waals surface area contributed by atoms with Crippen LogP contribution >= 0.6 is 0 Å². The lowest BCUT2D eigenvalue weighted by Crippen LogP contribution is -2.42. The van der Waals surface area contributed by atoms with E-state index < -0.39 is 35.0 Å². The van der Waals surface area contributed by atoms with Crippen molar-refractivity contribution >= 4 is 55.2 Å². The Morgan fingerprint density at radius 1 is 0.913 bits per heavy atom. The molecule has 2 N–H and O–H groups in total. The number of hydrogen-bond donors (Lipinski definition) is 2. The van der Waals surface area contributed by atoms with Gasteiger partial charge in [-0.05, 0) is 65.7 Å². The van der Waals surface area contributed by atoms with Crippen LogP contribution < -0.4 is 14.9 Å². The lowest BCUT2D eigenvalue weighted by molar-refractivity contribution is -0.143. The number of nitrogens with zero attached hydrogens (tertiary/aromatic N) is 3. The molecule has 4 aromatic carbocycles. The van der Waals surface area contributed by atoms with E-state index in [0.717, 1.165) is 9.87 Å². The van der Waals surface area contributed by atoms with E-state index in [9.17, 15) is 22.8 Å². The second-order valence-electron chi connectivity index (χ2n) is 10.1. The van der Waals surface area contributed by atoms with Crippen LogP contribution in [0.5, 0.6) is 0 Å². The van der Waals surface area contributed by atoms with Crippen molar-refractivity contribution in [1.29, 1.82) is 5.26 Å². The Balaban J connectivity index is 1.48. The number of carbonyl (C=O) groups is 3. The van der Waals surface area contributed by atoms with Crippen molar-refractivity contribution < 1.29 is 27.5 Å². The number of aromatic nitrogens is 1. The molecule has 2 amide bonds. The summed E-state index contributed by atoms with van der Waals surface area (Å²) in [6.07, 6.45) is 1.49. The van der Waals surface area contributed by atoms with Gasteiger partial charge in [-0.2, -0.15) is 5.26 Å². The Kier molecular flexibility index (Phi) is 9.54. The van der Waals surface area contributed by atoms with Gasteiger partial charge in [0, 0.05) is 23.7 Å². The van der Waals surface area contributed by atoms with Gasteiger partial charge in [-0.25, -0.2) is 8.42 Å². The van der Waals surface area contributed by atoms with Gasteiger partial charge in [0.25, 0.3) is 15.9 Å². The van der Waals surface area contributed by atoms with Crippen molar-refractivity contribution in [2.45, 2.75) is 18.4 Å². The molecule has 0 fully saturated rings. The zero-order valence-electron chi connectivity index (χ0n) is 24.8. The minimum Gasteiger partial charge on any atom is -0.465 e. The first-order valence-corrected chi connectivity index (χ1v) is 15.7. The zero-order valence-corrected chi connectivity index (χ0v) is 25.6. The Morgan fingerprint density at radius 3 is 2.41 bits per heavy atom. The minimum absolute atomic E-state index is 0.0974. The fourth-order valence-electron chi connectivity index (χ4n) is 4.89. The maximum absolute atomic E-state index is 14.2. The fourth-order valence-corrected chi connectivity index (χ4v) is 6.47. The molecule has 5 aromatic rings.